The number of halogens is 10. The van der Waals surface area contributed by atoms with Gasteiger partial charge in [0.15, 0.2) is 0 Å². The van der Waals surface area contributed by atoms with E-state index in [2.05, 4.69) is 20.3 Å². The fourth-order valence-electron chi connectivity index (χ4n) is 10.5. The van der Waals surface area contributed by atoms with E-state index in [0.717, 1.165) is 49.0 Å². The Kier molecular flexibility index (Phi) is 21.2. The van der Waals surface area contributed by atoms with E-state index in [4.69, 9.17) is 55.9 Å². The summed E-state index contributed by atoms with van der Waals surface area (Å²) in [6.45, 7) is 14.5. The van der Waals surface area contributed by atoms with E-state index in [-0.39, 0.29) is 73.7 Å². The molecule has 3 amide bonds. The van der Waals surface area contributed by atoms with E-state index in [1.165, 1.54) is 36.4 Å². The molecule has 3 aromatic heterocycles. The van der Waals surface area contributed by atoms with Gasteiger partial charge in [-0.3, -0.25) is 19.2 Å². The molecule has 0 fully saturated rings. The third-order valence-corrected chi connectivity index (χ3v) is 17.0. The summed E-state index contributed by atoms with van der Waals surface area (Å²) in [6, 6.07) is 33.5. The molecule has 5 aromatic carbocycles. The molecule has 0 saturated carbocycles. The number of alkyl halides is 7. The van der Waals surface area contributed by atoms with Gasteiger partial charge in [0.05, 0.1) is 70.4 Å². The number of benzene rings is 5. The first-order valence-corrected chi connectivity index (χ1v) is 30.0. The van der Waals surface area contributed by atoms with Crippen LogP contribution in [0.4, 0.5) is 26.3 Å². The molecule has 6 heterocycles. The van der Waals surface area contributed by atoms with Gasteiger partial charge in [0.25, 0.3) is 41.0 Å². The summed E-state index contributed by atoms with van der Waals surface area (Å²) >= 11 is 24.2. The second kappa shape index (κ2) is 28.1. The first kappa shape index (κ1) is 68.0. The summed E-state index contributed by atoms with van der Waals surface area (Å²) in [6.07, 6.45) is 0. The summed E-state index contributed by atoms with van der Waals surface area (Å²) < 4.78 is 97.6. The smallest absolute Gasteiger partial charge is 0.291 e. The molecule has 3 aliphatic heterocycles. The summed E-state index contributed by atoms with van der Waals surface area (Å²) in [5, 5.41) is 2.32. The first-order chi connectivity index (χ1) is 42.4. The lowest BCUT2D eigenvalue weighted by molar-refractivity contribution is -0.0430. The maximum Gasteiger partial charge on any atom is 0.291 e. The zero-order chi connectivity index (χ0) is 65.7. The molecule has 2 N–H and O–H groups in total. The van der Waals surface area contributed by atoms with Crippen molar-refractivity contribution in [3.63, 3.8) is 0 Å². The Morgan fingerprint density at radius 3 is 1.31 bits per heavy atom. The molecule has 0 aliphatic carbocycles. The van der Waals surface area contributed by atoms with Crippen LogP contribution in [-0.2, 0) is 50.0 Å². The van der Waals surface area contributed by atoms with E-state index in [1.807, 2.05) is 100 Å². The molecule has 11 rings (SSSR count). The number of ether oxygens (including phenoxy) is 2. The van der Waals surface area contributed by atoms with Gasteiger partial charge in [0, 0.05) is 50.5 Å². The van der Waals surface area contributed by atoms with Gasteiger partial charge in [-0.15, -0.1) is 11.6 Å². The van der Waals surface area contributed by atoms with Crippen molar-refractivity contribution in [2.45, 2.75) is 112 Å². The zero-order valence-electron chi connectivity index (χ0n) is 50.6. The molecular formula is C68H64Cl4F6N6O6. The number of carbonyl (C=O) groups is 3. The number of aromatic amines is 1. The second-order valence-corrected chi connectivity index (χ2v) is 23.7. The van der Waals surface area contributed by atoms with Gasteiger partial charge < -0.3 is 29.6 Å². The predicted molar refractivity (Wildman–Crippen MR) is 337 cm³/mol. The minimum Gasteiger partial charge on any atom is -0.473 e. The van der Waals surface area contributed by atoms with Crippen molar-refractivity contribution in [1.29, 1.82) is 0 Å². The molecular weight excluding hydrogens is 1250 g/mol. The number of hydrogen-bond acceptors (Lipinski definition) is 8. The van der Waals surface area contributed by atoms with Gasteiger partial charge in [-0.25, -0.2) is 9.97 Å². The minimum absolute atomic E-state index is 0.0291. The van der Waals surface area contributed by atoms with E-state index in [1.54, 1.807) is 40.7 Å². The van der Waals surface area contributed by atoms with E-state index in [0.29, 0.717) is 63.3 Å². The average Bonchev–Trinajstić information content (AvgIpc) is 0.791. The number of nitrogens with zero attached hydrogens (tertiary/aromatic N) is 4. The zero-order valence-corrected chi connectivity index (χ0v) is 53.7. The van der Waals surface area contributed by atoms with Crippen molar-refractivity contribution in [3.8, 4) is 11.8 Å². The maximum atomic E-state index is 15.0. The molecule has 3 aliphatic rings. The SMILES string of the molecule is Cc1cc(C)c(CCl)c(OCc2ccccc2)n1.Cc1cc(C)c(CN2CC(F)(F)c3ccc(C)c(Cl)c3C2=O)c(=O)[nH]1.Cc1cc(C)c(CN2CC(F)(F)c3ccc(C)c(Cl)c3C2=O)c(OCc2ccccc2)n1.Cc1ccc2c(c1Cl)C(=O)NCC2(F)F. The van der Waals surface area contributed by atoms with Gasteiger partial charge in [-0.05, 0) is 125 Å². The minimum atomic E-state index is -3.23. The number of aromatic nitrogens is 3. The molecule has 0 atom stereocenters. The van der Waals surface area contributed by atoms with Crippen LogP contribution in [0, 0.1) is 62.3 Å². The van der Waals surface area contributed by atoms with E-state index in [9.17, 15) is 45.5 Å². The predicted octanol–water partition coefficient (Wildman–Crippen LogP) is 16.2. The number of rotatable bonds is 11. The number of pyridine rings is 3. The number of hydrogen-bond donors (Lipinski definition) is 2. The van der Waals surface area contributed by atoms with Crippen LogP contribution in [0.2, 0.25) is 15.1 Å². The van der Waals surface area contributed by atoms with Crippen LogP contribution in [-0.4, -0.2) is 62.1 Å². The van der Waals surface area contributed by atoms with Crippen molar-refractivity contribution in [3.05, 3.63) is 252 Å². The molecule has 0 spiro atoms. The summed E-state index contributed by atoms with van der Waals surface area (Å²) in [7, 11) is 0. The fourth-order valence-corrected chi connectivity index (χ4v) is 11.6. The standard InChI is InChI=1S/C25H23ClF2N2O2.C18H17ClF2N2O2.C15H16ClNO.C10H8ClF2NO/c1-15-9-10-20-21(22(15)26)24(31)30(14-25(20,27)28)12-19-16(2)11-17(3)29-23(19)32-13-18-7-5-4-6-8-18;1-9-4-5-13-14(15(9)19)17(25)23(8-18(13,20)21)7-12-10(2)6-11(3)22-16(12)24;1-11-8-12(2)17-15(14(11)9-16)18-10-13-6-4-3-5-7-13;1-5-2-3-6-7(8(5)11)9(15)14-4-10(6,12)13/h4-11H,12-14H2,1-3H3;4-6H,7-8H2,1-3H3,(H,22,24);3-8H,9-10H2,1-2H3;2-3H,4H2,1H3,(H,14,15). The number of nitrogens with one attached hydrogen (secondary N) is 2. The average molecular weight is 1320 g/mol. The molecule has 0 unspecified atom stereocenters. The Morgan fingerprint density at radius 1 is 0.489 bits per heavy atom. The van der Waals surface area contributed by atoms with Crippen LogP contribution < -0.4 is 20.3 Å². The Morgan fingerprint density at radius 2 is 0.878 bits per heavy atom. The monoisotopic (exact) mass is 1310 g/mol. The fraction of sp³-hybridized carbons (Fsp3) is 0.294. The Labute approximate surface area is 537 Å². The number of aryl methyl sites for hydroxylation is 9. The van der Waals surface area contributed by atoms with E-state index < -0.39 is 55.1 Å². The molecule has 472 valence electrons. The largest absolute Gasteiger partial charge is 0.473 e. The van der Waals surface area contributed by atoms with Crippen LogP contribution in [0.3, 0.4) is 0 Å². The highest BCUT2D eigenvalue weighted by Gasteiger charge is 2.47. The molecule has 8 aromatic rings. The van der Waals surface area contributed by atoms with E-state index >= 15 is 0 Å². The lowest BCUT2D eigenvalue weighted by Crippen LogP contribution is -2.46. The highest BCUT2D eigenvalue weighted by atomic mass is 35.5. The highest BCUT2D eigenvalue weighted by Crippen LogP contribution is 2.44. The molecule has 0 radical (unpaired) electrons. The summed E-state index contributed by atoms with van der Waals surface area (Å²) in [5.41, 5.74) is 8.87. The topological polar surface area (TPSA) is 147 Å². The van der Waals surface area contributed by atoms with Crippen molar-refractivity contribution < 1.29 is 50.2 Å². The van der Waals surface area contributed by atoms with Crippen molar-refractivity contribution in [2.24, 2.45) is 0 Å². The number of amides is 3. The molecule has 0 bridgehead atoms. The summed E-state index contributed by atoms with van der Waals surface area (Å²) in [5.74, 6) is -9.73. The lowest BCUT2D eigenvalue weighted by Gasteiger charge is -2.35. The number of H-pyrrole nitrogens is 1. The van der Waals surface area contributed by atoms with Crippen LogP contribution in [0.5, 0.6) is 11.8 Å². The quantitative estimate of drug-likeness (QED) is 0.0961. The van der Waals surface area contributed by atoms with Crippen molar-refractivity contribution in [2.75, 3.05) is 19.6 Å². The van der Waals surface area contributed by atoms with Gasteiger partial charge >= 0.3 is 0 Å². The second-order valence-electron chi connectivity index (χ2n) is 22.3. The first-order valence-electron chi connectivity index (χ1n) is 28.3. The van der Waals surface area contributed by atoms with Crippen LogP contribution in [0.1, 0.15) is 126 Å². The summed E-state index contributed by atoms with van der Waals surface area (Å²) in [4.78, 5) is 63.2. The lowest BCUT2D eigenvalue weighted by atomic mass is 9.93. The third kappa shape index (κ3) is 15.3. The van der Waals surface area contributed by atoms with Crippen LogP contribution in [0.15, 0.2) is 120 Å². The highest BCUT2D eigenvalue weighted by molar-refractivity contribution is 6.36. The van der Waals surface area contributed by atoms with Gasteiger partial charge in [0.1, 0.15) is 13.2 Å². The molecule has 22 heteroatoms. The van der Waals surface area contributed by atoms with Crippen molar-refractivity contribution in [1.82, 2.24) is 30.1 Å². The van der Waals surface area contributed by atoms with Gasteiger partial charge in [0.2, 0.25) is 11.8 Å². The Balaban J connectivity index is 0.000000161. The van der Waals surface area contributed by atoms with Crippen LogP contribution >= 0.6 is 46.4 Å². The number of carbonyl (C=O) groups excluding carboxylic acids is 3. The van der Waals surface area contributed by atoms with Crippen molar-refractivity contribution >= 4 is 64.1 Å². The van der Waals surface area contributed by atoms with Gasteiger partial charge in [-0.2, -0.15) is 26.3 Å². The van der Waals surface area contributed by atoms with Crippen LogP contribution in [0.25, 0.3) is 0 Å². The number of fused-ring (bicyclic) bond motifs is 3. The molecule has 0 saturated heterocycles. The van der Waals surface area contributed by atoms with Gasteiger partial charge in [-0.1, -0.05) is 132 Å². The Bertz CT molecular complexity index is 4100. The Hall–Kier alpha value is -7.90. The molecule has 12 nitrogen and oxygen atoms in total. The maximum absolute atomic E-state index is 15.0. The third-order valence-electron chi connectivity index (χ3n) is 15.3. The molecule has 90 heavy (non-hydrogen) atoms. The normalized spacial score (nSPS) is 14.9.